The van der Waals surface area contributed by atoms with Crippen molar-refractivity contribution in [2.45, 2.75) is 16.6 Å². The van der Waals surface area contributed by atoms with Crippen LogP contribution in [0.15, 0.2) is 71.5 Å². The predicted octanol–water partition coefficient (Wildman–Crippen LogP) is 3.98. The van der Waals surface area contributed by atoms with Crippen molar-refractivity contribution in [1.29, 1.82) is 0 Å². The molecule has 0 atom stereocenters. The van der Waals surface area contributed by atoms with E-state index in [0.717, 1.165) is 16.1 Å². The molecule has 2 heterocycles. The van der Waals surface area contributed by atoms with Crippen molar-refractivity contribution in [3.8, 4) is 11.4 Å². The molecule has 0 saturated carbocycles. The highest BCUT2D eigenvalue weighted by molar-refractivity contribution is 7.99. The minimum absolute atomic E-state index is 0.0856. The van der Waals surface area contributed by atoms with Crippen LogP contribution in [0.3, 0.4) is 0 Å². The van der Waals surface area contributed by atoms with Gasteiger partial charge >= 0.3 is 0 Å². The number of pyridine rings is 1. The van der Waals surface area contributed by atoms with Gasteiger partial charge in [-0.1, -0.05) is 30.0 Å². The summed E-state index contributed by atoms with van der Waals surface area (Å²) in [5, 5.41) is 12.1. The van der Waals surface area contributed by atoms with Crippen molar-refractivity contribution in [2.24, 2.45) is 0 Å². The summed E-state index contributed by atoms with van der Waals surface area (Å²) < 4.78 is 1.93. The van der Waals surface area contributed by atoms with Gasteiger partial charge in [0.1, 0.15) is 0 Å². The molecule has 27 heavy (non-hydrogen) atoms. The molecule has 8 heteroatoms. The Hall–Kier alpha value is -2.58. The van der Waals surface area contributed by atoms with Gasteiger partial charge in [-0.3, -0.25) is 14.3 Å². The lowest BCUT2D eigenvalue weighted by Crippen LogP contribution is -2.15. The summed E-state index contributed by atoms with van der Waals surface area (Å²) in [4.78, 5) is 17.5. The number of rotatable bonds is 8. The number of aromatic nitrogens is 4. The van der Waals surface area contributed by atoms with E-state index in [2.05, 4.69) is 27.1 Å². The maximum Gasteiger partial charge on any atom is 0.234 e. The number of allylic oxidation sites excluding steroid dienone is 1. The second kappa shape index (κ2) is 9.38. The van der Waals surface area contributed by atoms with Crippen molar-refractivity contribution in [2.75, 3.05) is 17.3 Å². The first-order valence-corrected chi connectivity index (χ1v) is 10.4. The molecule has 0 saturated heterocycles. The molecule has 0 radical (unpaired) electrons. The smallest absolute Gasteiger partial charge is 0.234 e. The summed E-state index contributed by atoms with van der Waals surface area (Å²) in [7, 11) is 0. The molecule has 0 bridgehead atoms. The molecule has 1 aromatic carbocycles. The zero-order chi connectivity index (χ0) is 19.1. The summed E-state index contributed by atoms with van der Waals surface area (Å²) in [5.74, 6) is 0.863. The molecule has 3 rings (SSSR count). The number of hydrogen-bond donors (Lipinski definition) is 1. The lowest BCUT2D eigenvalue weighted by molar-refractivity contribution is -0.113. The van der Waals surface area contributed by atoms with Crippen LogP contribution in [0, 0.1) is 0 Å². The fraction of sp³-hybridized carbons (Fsp3) is 0.158. The number of anilines is 1. The topological polar surface area (TPSA) is 72.7 Å². The van der Waals surface area contributed by atoms with Crippen molar-refractivity contribution in [1.82, 2.24) is 19.7 Å². The van der Waals surface area contributed by atoms with Gasteiger partial charge in [0.15, 0.2) is 11.0 Å². The van der Waals surface area contributed by atoms with Crippen LogP contribution in [-0.2, 0) is 11.3 Å². The summed E-state index contributed by atoms with van der Waals surface area (Å²) in [6, 6.07) is 11.5. The Labute approximate surface area is 166 Å². The molecule has 6 nitrogen and oxygen atoms in total. The Bertz CT molecular complexity index is 927. The zero-order valence-electron chi connectivity index (χ0n) is 14.8. The molecule has 0 unspecified atom stereocenters. The van der Waals surface area contributed by atoms with Crippen LogP contribution < -0.4 is 5.32 Å². The molecule has 3 aromatic rings. The molecule has 1 amide bonds. The van der Waals surface area contributed by atoms with Crippen molar-refractivity contribution >= 4 is 35.1 Å². The molecule has 0 spiro atoms. The molecule has 0 aliphatic carbocycles. The van der Waals surface area contributed by atoms with Gasteiger partial charge in [0.05, 0.1) is 11.4 Å². The van der Waals surface area contributed by atoms with E-state index in [1.165, 1.54) is 11.8 Å². The Balaban J connectivity index is 1.71. The van der Waals surface area contributed by atoms with Crippen LogP contribution in [0.1, 0.15) is 0 Å². The van der Waals surface area contributed by atoms with Crippen LogP contribution in [0.2, 0.25) is 0 Å². The first-order valence-electron chi connectivity index (χ1n) is 8.23. The molecular formula is C19H19N5OS2. The highest BCUT2D eigenvalue weighted by Crippen LogP contribution is 2.26. The van der Waals surface area contributed by atoms with Crippen LogP contribution in [0.5, 0.6) is 0 Å². The van der Waals surface area contributed by atoms with Crippen LogP contribution in [0.4, 0.5) is 5.69 Å². The number of thioether (sulfide) groups is 2. The van der Waals surface area contributed by atoms with Gasteiger partial charge in [0.25, 0.3) is 0 Å². The van der Waals surface area contributed by atoms with E-state index in [9.17, 15) is 4.79 Å². The highest BCUT2D eigenvalue weighted by atomic mass is 32.2. The monoisotopic (exact) mass is 397 g/mol. The second-order valence-corrected chi connectivity index (χ2v) is 7.27. The van der Waals surface area contributed by atoms with Gasteiger partial charge in [-0.05, 0) is 30.5 Å². The van der Waals surface area contributed by atoms with Gasteiger partial charge in [0, 0.05) is 29.4 Å². The molecule has 0 aliphatic rings. The molecule has 1 N–H and O–H groups in total. The zero-order valence-corrected chi connectivity index (χ0v) is 16.5. The third-order valence-electron chi connectivity index (χ3n) is 3.66. The summed E-state index contributed by atoms with van der Waals surface area (Å²) in [6.45, 7) is 4.35. The van der Waals surface area contributed by atoms with E-state index in [1.54, 1.807) is 30.2 Å². The fourth-order valence-corrected chi connectivity index (χ4v) is 3.76. The molecule has 2 aromatic heterocycles. The highest BCUT2D eigenvalue weighted by Gasteiger charge is 2.15. The van der Waals surface area contributed by atoms with Crippen LogP contribution >= 0.6 is 23.5 Å². The van der Waals surface area contributed by atoms with E-state index < -0.39 is 0 Å². The van der Waals surface area contributed by atoms with Crippen molar-refractivity contribution in [3.63, 3.8) is 0 Å². The van der Waals surface area contributed by atoms with E-state index >= 15 is 0 Å². The molecular weight excluding hydrogens is 378 g/mol. The maximum absolute atomic E-state index is 12.4. The number of nitrogens with one attached hydrogen (secondary N) is 1. The fourth-order valence-electron chi connectivity index (χ4n) is 2.46. The largest absolute Gasteiger partial charge is 0.324 e. The van der Waals surface area contributed by atoms with E-state index in [-0.39, 0.29) is 11.7 Å². The first kappa shape index (κ1) is 19.2. The minimum Gasteiger partial charge on any atom is -0.324 e. The molecule has 0 fully saturated rings. The Morgan fingerprint density at radius 3 is 2.85 bits per heavy atom. The van der Waals surface area contributed by atoms with Crippen LogP contribution in [-0.4, -0.2) is 37.7 Å². The number of carbonyl (C=O) groups excluding carboxylic acids is 1. The van der Waals surface area contributed by atoms with E-state index in [0.29, 0.717) is 17.5 Å². The Morgan fingerprint density at radius 2 is 2.11 bits per heavy atom. The number of benzene rings is 1. The normalized spacial score (nSPS) is 10.6. The molecule has 138 valence electrons. The number of carbonyl (C=O) groups is 1. The number of nitrogens with zero attached hydrogens (tertiary/aromatic N) is 4. The third kappa shape index (κ3) is 4.78. The number of amides is 1. The van der Waals surface area contributed by atoms with Crippen molar-refractivity contribution < 1.29 is 4.79 Å². The van der Waals surface area contributed by atoms with Gasteiger partial charge < -0.3 is 5.32 Å². The lowest BCUT2D eigenvalue weighted by atomic mass is 10.3. The van der Waals surface area contributed by atoms with E-state index in [1.807, 2.05) is 47.2 Å². The van der Waals surface area contributed by atoms with Crippen LogP contribution in [0.25, 0.3) is 11.4 Å². The number of para-hydroxylation sites is 1. The summed E-state index contributed by atoms with van der Waals surface area (Å²) >= 11 is 2.94. The SMILES string of the molecule is C=CCn1c(SCC(=O)Nc2ccccc2SC)nnc1-c1cccnc1. The van der Waals surface area contributed by atoms with Gasteiger partial charge in [-0.25, -0.2) is 0 Å². The maximum atomic E-state index is 12.4. The average molecular weight is 398 g/mol. The summed E-state index contributed by atoms with van der Waals surface area (Å²) in [6.07, 6.45) is 7.22. The number of hydrogen-bond acceptors (Lipinski definition) is 6. The second-order valence-electron chi connectivity index (χ2n) is 5.48. The first-order chi connectivity index (χ1) is 13.2. The quantitative estimate of drug-likeness (QED) is 0.458. The van der Waals surface area contributed by atoms with E-state index in [4.69, 9.17) is 0 Å². The molecule has 0 aliphatic heterocycles. The predicted molar refractivity (Wildman–Crippen MR) is 111 cm³/mol. The summed E-state index contributed by atoms with van der Waals surface area (Å²) in [5.41, 5.74) is 1.69. The van der Waals surface area contributed by atoms with Gasteiger partial charge in [-0.2, -0.15) is 0 Å². The minimum atomic E-state index is -0.0856. The lowest BCUT2D eigenvalue weighted by Gasteiger charge is -2.10. The van der Waals surface area contributed by atoms with Gasteiger partial charge in [0.2, 0.25) is 5.91 Å². The third-order valence-corrected chi connectivity index (χ3v) is 5.42. The standard InChI is InChI=1S/C19H19N5OS2/c1-3-11-24-18(14-7-6-10-20-12-14)22-23-19(24)27-13-17(25)21-15-8-4-5-9-16(15)26-2/h3-10,12H,1,11,13H2,2H3,(H,21,25). The Kier molecular flexibility index (Phi) is 6.67. The Morgan fingerprint density at radius 1 is 1.26 bits per heavy atom. The van der Waals surface area contributed by atoms with Crippen molar-refractivity contribution in [3.05, 3.63) is 61.4 Å². The van der Waals surface area contributed by atoms with Gasteiger partial charge in [-0.15, -0.1) is 28.5 Å². The average Bonchev–Trinajstić information content (AvgIpc) is 3.10.